The van der Waals surface area contributed by atoms with Crippen molar-refractivity contribution >= 4 is 0 Å². The lowest BCUT2D eigenvalue weighted by molar-refractivity contribution is 0.146. The van der Waals surface area contributed by atoms with E-state index in [1.54, 1.807) is 11.0 Å². The van der Waals surface area contributed by atoms with Crippen molar-refractivity contribution in [2.75, 3.05) is 6.61 Å². The number of nitrogens with zero attached hydrogens (tertiary/aromatic N) is 3. The second-order valence-corrected chi connectivity index (χ2v) is 3.60. The Morgan fingerprint density at radius 3 is 2.94 bits per heavy atom. The lowest BCUT2D eigenvalue weighted by Crippen LogP contribution is -2.10. The van der Waals surface area contributed by atoms with E-state index in [1.807, 2.05) is 31.2 Å². The van der Waals surface area contributed by atoms with Gasteiger partial charge < -0.3 is 9.84 Å². The first-order valence-corrected chi connectivity index (χ1v) is 5.53. The van der Waals surface area contributed by atoms with Crippen LogP contribution in [0.5, 0.6) is 5.75 Å². The van der Waals surface area contributed by atoms with Crippen LogP contribution in [0.4, 0.5) is 0 Å². The van der Waals surface area contributed by atoms with Crippen LogP contribution in [-0.2, 0) is 6.54 Å². The van der Waals surface area contributed by atoms with Crippen molar-refractivity contribution in [2.45, 2.75) is 19.6 Å². The molecule has 0 aliphatic rings. The van der Waals surface area contributed by atoms with Crippen LogP contribution in [0.2, 0.25) is 0 Å². The van der Waals surface area contributed by atoms with Crippen molar-refractivity contribution in [3.63, 3.8) is 0 Å². The van der Waals surface area contributed by atoms with E-state index in [0.717, 1.165) is 5.56 Å². The first-order chi connectivity index (χ1) is 8.31. The molecule has 5 nitrogen and oxygen atoms in total. The fourth-order valence-electron chi connectivity index (χ4n) is 1.65. The quantitative estimate of drug-likeness (QED) is 0.848. The first kappa shape index (κ1) is 11.6. The van der Waals surface area contributed by atoms with E-state index in [4.69, 9.17) is 4.74 Å². The van der Waals surface area contributed by atoms with E-state index in [-0.39, 0.29) is 0 Å². The molecule has 0 bridgehead atoms. The van der Waals surface area contributed by atoms with Gasteiger partial charge in [0.2, 0.25) is 0 Å². The number of aliphatic hydroxyl groups excluding tert-OH is 1. The Kier molecular flexibility index (Phi) is 3.72. The molecule has 0 aliphatic carbocycles. The maximum atomic E-state index is 10.1. The van der Waals surface area contributed by atoms with Gasteiger partial charge in [0.05, 0.1) is 13.2 Å². The molecule has 0 radical (unpaired) electrons. The molecule has 90 valence electrons. The minimum atomic E-state index is -0.653. The molecule has 2 aromatic rings. The van der Waals surface area contributed by atoms with Gasteiger partial charge in [-0.05, 0) is 13.0 Å². The zero-order valence-electron chi connectivity index (χ0n) is 9.65. The predicted molar refractivity (Wildman–Crippen MR) is 62.6 cm³/mol. The van der Waals surface area contributed by atoms with Gasteiger partial charge in [-0.1, -0.05) is 18.2 Å². The van der Waals surface area contributed by atoms with Gasteiger partial charge in [0.1, 0.15) is 24.5 Å². The number of rotatable bonds is 5. The van der Waals surface area contributed by atoms with Crippen LogP contribution < -0.4 is 4.74 Å². The average Bonchev–Trinajstić information content (AvgIpc) is 2.83. The molecule has 0 aliphatic heterocycles. The second kappa shape index (κ2) is 5.45. The fourth-order valence-corrected chi connectivity index (χ4v) is 1.65. The van der Waals surface area contributed by atoms with E-state index in [2.05, 4.69) is 10.1 Å². The summed E-state index contributed by atoms with van der Waals surface area (Å²) in [4.78, 5) is 3.84. The number of aliphatic hydroxyl groups is 1. The number of hydrogen-bond donors (Lipinski definition) is 1. The van der Waals surface area contributed by atoms with Crippen molar-refractivity contribution in [1.82, 2.24) is 14.8 Å². The highest BCUT2D eigenvalue weighted by molar-refractivity contribution is 5.34. The summed E-state index contributed by atoms with van der Waals surface area (Å²) < 4.78 is 7.06. The minimum absolute atomic E-state index is 0.365. The Balaban J connectivity index is 2.15. The first-order valence-electron chi connectivity index (χ1n) is 5.53. The van der Waals surface area contributed by atoms with Crippen molar-refractivity contribution in [3.05, 3.63) is 42.5 Å². The molecule has 0 fully saturated rings. The smallest absolute Gasteiger partial charge is 0.137 e. The molecule has 17 heavy (non-hydrogen) atoms. The number of aromatic nitrogens is 3. The molecule has 0 saturated carbocycles. The summed E-state index contributed by atoms with van der Waals surface area (Å²) in [6, 6.07) is 7.47. The van der Waals surface area contributed by atoms with Crippen LogP contribution >= 0.6 is 0 Å². The van der Waals surface area contributed by atoms with Gasteiger partial charge in [0, 0.05) is 5.56 Å². The lowest BCUT2D eigenvalue weighted by Gasteiger charge is -2.15. The highest BCUT2D eigenvalue weighted by atomic mass is 16.5. The fraction of sp³-hybridized carbons (Fsp3) is 0.333. The van der Waals surface area contributed by atoms with E-state index < -0.39 is 6.10 Å². The summed E-state index contributed by atoms with van der Waals surface area (Å²) in [5, 5.41) is 14.1. The van der Waals surface area contributed by atoms with Gasteiger partial charge in [0.25, 0.3) is 0 Å². The Morgan fingerprint density at radius 2 is 2.24 bits per heavy atom. The summed E-state index contributed by atoms with van der Waals surface area (Å²) in [5.74, 6) is 0.711. The molecule has 0 spiro atoms. The van der Waals surface area contributed by atoms with Crippen LogP contribution in [-0.4, -0.2) is 26.5 Å². The molecule has 1 unspecified atom stereocenters. The van der Waals surface area contributed by atoms with Crippen LogP contribution in [0.25, 0.3) is 0 Å². The summed E-state index contributed by atoms with van der Waals surface area (Å²) in [6.45, 7) is 2.86. The molecular formula is C12H15N3O2. The highest BCUT2D eigenvalue weighted by Gasteiger charge is 2.13. The normalized spacial score (nSPS) is 12.4. The molecule has 0 saturated heterocycles. The van der Waals surface area contributed by atoms with E-state index >= 15 is 0 Å². The number of para-hydroxylation sites is 1. The zero-order chi connectivity index (χ0) is 12.1. The van der Waals surface area contributed by atoms with Gasteiger partial charge in [-0.2, -0.15) is 5.10 Å². The molecule has 1 heterocycles. The van der Waals surface area contributed by atoms with Crippen LogP contribution in [0.3, 0.4) is 0 Å². The van der Waals surface area contributed by atoms with Gasteiger partial charge in [-0.3, -0.25) is 4.68 Å². The van der Waals surface area contributed by atoms with Crippen molar-refractivity contribution in [1.29, 1.82) is 0 Å². The molecule has 1 aromatic heterocycles. The minimum Gasteiger partial charge on any atom is -0.493 e. The molecule has 1 atom stereocenters. The molecule has 2 rings (SSSR count). The Labute approximate surface area is 99.7 Å². The lowest BCUT2D eigenvalue weighted by atomic mass is 10.1. The SMILES string of the molecule is CCOc1ccccc1C(O)Cn1cncn1. The molecule has 1 N–H and O–H groups in total. The summed E-state index contributed by atoms with van der Waals surface area (Å²) in [5.41, 5.74) is 0.768. The van der Waals surface area contributed by atoms with Crippen molar-refractivity contribution in [3.8, 4) is 5.75 Å². The van der Waals surface area contributed by atoms with Crippen LogP contribution in [0.1, 0.15) is 18.6 Å². The Bertz CT molecular complexity index is 457. The summed E-state index contributed by atoms with van der Waals surface area (Å²) >= 11 is 0. The van der Waals surface area contributed by atoms with Crippen molar-refractivity contribution in [2.24, 2.45) is 0 Å². The van der Waals surface area contributed by atoms with Crippen LogP contribution in [0.15, 0.2) is 36.9 Å². The number of hydrogen-bond acceptors (Lipinski definition) is 4. The van der Waals surface area contributed by atoms with Gasteiger partial charge in [-0.25, -0.2) is 4.98 Å². The average molecular weight is 233 g/mol. The zero-order valence-corrected chi connectivity index (χ0v) is 9.65. The van der Waals surface area contributed by atoms with Gasteiger partial charge in [0.15, 0.2) is 0 Å². The van der Waals surface area contributed by atoms with Gasteiger partial charge in [-0.15, -0.1) is 0 Å². The third kappa shape index (κ3) is 2.82. The molecule has 1 aromatic carbocycles. The highest BCUT2D eigenvalue weighted by Crippen LogP contribution is 2.25. The van der Waals surface area contributed by atoms with E-state index in [0.29, 0.717) is 18.9 Å². The largest absolute Gasteiger partial charge is 0.493 e. The van der Waals surface area contributed by atoms with Gasteiger partial charge >= 0.3 is 0 Å². The van der Waals surface area contributed by atoms with E-state index in [1.165, 1.54) is 6.33 Å². The monoisotopic (exact) mass is 233 g/mol. The Hall–Kier alpha value is -1.88. The Morgan fingerprint density at radius 1 is 1.41 bits per heavy atom. The molecule has 0 amide bonds. The second-order valence-electron chi connectivity index (χ2n) is 3.60. The third-order valence-corrected chi connectivity index (χ3v) is 2.40. The van der Waals surface area contributed by atoms with E-state index in [9.17, 15) is 5.11 Å². The topological polar surface area (TPSA) is 60.2 Å². The standard InChI is InChI=1S/C12H15N3O2/c1-2-17-12-6-4-3-5-10(12)11(16)7-15-9-13-8-14-15/h3-6,8-9,11,16H,2,7H2,1H3. The maximum absolute atomic E-state index is 10.1. The molecule has 5 heteroatoms. The van der Waals surface area contributed by atoms with Crippen molar-refractivity contribution < 1.29 is 9.84 Å². The third-order valence-electron chi connectivity index (χ3n) is 2.40. The predicted octanol–water partition coefficient (Wildman–Crippen LogP) is 1.41. The number of ether oxygens (including phenoxy) is 1. The summed E-state index contributed by atoms with van der Waals surface area (Å²) in [6.07, 6.45) is 2.37. The maximum Gasteiger partial charge on any atom is 0.137 e. The van der Waals surface area contributed by atoms with Crippen LogP contribution in [0, 0.1) is 0 Å². The number of benzene rings is 1. The molecular weight excluding hydrogens is 218 g/mol. The summed E-state index contributed by atoms with van der Waals surface area (Å²) in [7, 11) is 0.